The lowest BCUT2D eigenvalue weighted by Gasteiger charge is -2.41. The van der Waals surface area contributed by atoms with Crippen molar-refractivity contribution in [2.24, 2.45) is 11.3 Å². The predicted molar refractivity (Wildman–Crippen MR) is 101 cm³/mol. The number of rotatable bonds is 6. The molecule has 1 saturated heterocycles. The molecule has 0 spiro atoms. The van der Waals surface area contributed by atoms with Gasteiger partial charge in [-0.15, -0.1) is 0 Å². The van der Waals surface area contributed by atoms with Crippen molar-refractivity contribution in [3.05, 3.63) is 11.1 Å². The average Bonchev–Trinajstić information content (AvgIpc) is 2.60. The molecule has 4 atom stereocenters. The van der Waals surface area contributed by atoms with Crippen molar-refractivity contribution in [1.82, 2.24) is 0 Å². The van der Waals surface area contributed by atoms with Gasteiger partial charge in [-0.05, 0) is 70.3 Å². The van der Waals surface area contributed by atoms with E-state index in [2.05, 4.69) is 27.7 Å². The van der Waals surface area contributed by atoms with Gasteiger partial charge in [0.1, 0.15) is 11.7 Å². The van der Waals surface area contributed by atoms with Crippen LogP contribution in [0.5, 0.6) is 0 Å². The molecule has 0 aromatic heterocycles. The first-order valence-electron chi connectivity index (χ1n) is 9.79. The molecule has 0 bridgehead atoms. The summed E-state index contributed by atoms with van der Waals surface area (Å²) in [4.78, 5) is 23.1. The number of allylic oxidation sites excluding steroid dienone is 1. The number of esters is 1. The fraction of sp³-hybridized carbons (Fsp3) is 0.857. The van der Waals surface area contributed by atoms with E-state index in [0.717, 1.165) is 38.5 Å². The Morgan fingerprint density at radius 3 is 2.46 bits per heavy atom. The lowest BCUT2D eigenvalue weighted by atomic mass is 9.69. The third kappa shape index (κ3) is 4.68. The minimum atomic E-state index is -0.324. The molecule has 0 amide bonds. The van der Waals surface area contributed by atoms with Crippen molar-refractivity contribution in [1.29, 1.82) is 0 Å². The molecule has 2 aliphatic rings. The molecule has 0 aromatic rings. The first kappa shape index (κ1) is 21.4. The van der Waals surface area contributed by atoms with Crippen molar-refractivity contribution in [3.8, 4) is 0 Å². The highest BCUT2D eigenvalue weighted by atomic mass is 17.2. The number of hydrogen-bond donors (Lipinski definition) is 0. The summed E-state index contributed by atoms with van der Waals surface area (Å²) in [6.45, 7) is 10.8. The van der Waals surface area contributed by atoms with E-state index < -0.39 is 0 Å². The summed E-state index contributed by atoms with van der Waals surface area (Å²) >= 11 is 0. The Hall–Kier alpha value is -0.910. The molecule has 26 heavy (non-hydrogen) atoms. The number of methoxy groups -OCH3 is 2. The zero-order valence-corrected chi connectivity index (χ0v) is 17.5. The van der Waals surface area contributed by atoms with Crippen molar-refractivity contribution >= 4 is 5.97 Å². The second-order valence-corrected chi connectivity index (χ2v) is 8.83. The highest BCUT2D eigenvalue weighted by Gasteiger charge is 2.40. The molecule has 1 aliphatic carbocycles. The molecule has 5 nitrogen and oxygen atoms in total. The zero-order chi connectivity index (χ0) is 19.5. The van der Waals surface area contributed by atoms with Crippen LogP contribution in [0.2, 0.25) is 0 Å². The smallest absolute Gasteiger partial charge is 0.311 e. The van der Waals surface area contributed by atoms with Crippen LogP contribution in [0, 0.1) is 11.3 Å². The van der Waals surface area contributed by atoms with E-state index in [1.165, 1.54) is 18.3 Å². The molecule has 150 valence electrons. The largest absolute Gasteiger partial charge is 0.469 e. The monoisotopic (exact) mass is 368 g/mol. The molecule has 1 unspecified atom stereocenters. The normalized spacial score (nSPS) is 33.0. The summed E-state index contributed by atoms with van der Waals surface area (Å²) in [5.74, 6) is -0.563. The minimum absolute atomic E-state index is 0.201. The quantitative estimate of drug-likeness (QED) is 0.390. The Bertz CT molecular complexity index is 529. The average molecular weight is 369 g/mol. The predicted octanol–water partition coefficient (Wildman–Crippen LogP) is 4.60. The van der Waals surface area contributed by atoms with Gasteiger partial charge in [-0.25, -0.2) is 9.78 Å². The summed E-state index contributed by atoms with van der Waals surface area (Å²) < 4.78 is 10.5. The van der Waals surface area contributed by atoms with E-state index in [0.29, 0.717) is 0 Å². The topological polar surface area (TPSA) is 54.0 Å². The molecule has 2 rings (SSSR count). The van der Waals surface area contributed by atoms with E-state index in [-0.39, 0.29) is 35.1 Å². The SMILES string of the molecule is COC(=O)[C@H](C)[C@H]1CC[C@@](C)(CCC2=C(C)C(OC)CCC2(C)C)OO1. The Morgan fingerprint density at radius 2 is 1.92 bits per heavy atom. The minimum Gasteiger partial charge on any atom is -0.469 e. The Morgan fingerprint density at radius 1 is 1.23 bits per heavy atom. The molecule has 1 heterocycles. The van der Waals surface area contributed by atoms with Gasteiger partial charge in [0.2, 0.25) is 0 Å². The molecular weight excluding hydrogens is 332 g/mol. The highest BCUT2D eigenvalue weighted by molar-refractivity contribution is 5.72. The van der Waals surface area contributed by atoms with Crippen LogP contribution >= 0.6 is 0 Å². The van der Waals surface area contributed by atoms with E-state index in [1.807, 2.05) is 6.92 Å². The molecule has 1 fully saturated rings. The second kappa shape index (κ2) is 8.41. The summed E-state index contributed by atoms with van der Waals surface area (Å²) in [5, 5.41) is 0. The van der Waals surface area contributed by atoms with Gasteiger partial charge in [0, 0.05) is 7.11 Å². The molecule has 5 heteroatoms. The van der Waals surface area contributed by atoms with Gasteiger partial charge < -0.3 is 9.47 Å². The van der Waals surface area contributed by atoms with Gasteiger partial charge in [0.25, 0.3) is 0 Å². The van der Waals surface area contributed by atoms with Crippen molar-refractivity contribution in [2.75, 3.05) is 14.2 Å². The first-order valence-corrected chi connectivity index (χ1v) is 9.79. The summed E-state index contributed by atoms with van der Waals surface area (Å²) in [7, 11) is 3.20. The van der Waals surface area contributed by atoms with Gasteiger partial charge in [-0.3, -0.25) is 4.79 Å². The van der Waals surface area contributed by atoms with Crippen LogP contribution in [0.15, 0.2) is 11.1 Å². The summed E-state index contributed by atoms with van der Waals surface area (Å²) in [6.07, 6.45) is 5.79. The molecule has 0 N–H and O–H groups in total. The fourth-order valence-corrected chi connectivity index (χ4v) is 4.36. The molecule has 1 aliphatic heterocycles. The third-order valence-electron chi connectivity index (χ3n) is 6.46. The van der Waals surface area contributed by atoms with Crippen LogP contribution in [0.4, 0.5) is 0 Å². The Balaban J connectivity index is 1.98. The van der Waals surface area contributed by atoms with Crippen LogP contribution in [0.3, 0.4) is 0 Å². The van der Waals surface area contributed by atoms with Gasteiger partial charge in [0.15, 0.2) is 0 Å². The van der Waals surface area contributed by atoms with Crippen LogP contribution in [0.1, 0.15) is 73.1 Å². The van der Waals surface area contributed by atoms with E-state index in [9.17, 15) is 4.79 Å². The van der Waals surface area contributed by atoms with Crippen LogP contribution in [-0.4, -0.2) is 38.0 Å². The summed E-state index contributed by atoms with van der Waals surface area (Å²) in [6, 6.07) is 0. The fourth-order valence-electron chi connectivity index (χ4n) is 4.36. The number of ether oxygens (including phenoxy) is 2. The van der Waals surface area contributed by atoms with Gasteiger partial charge in [-0.1, -0.05) is 19.4 Å². The van der Waals surface area contributed by atoms with Crippen LogP contribution < -0.4 is 0 Å². The number of carbonyl (C=O) groups excluding carboxylic acids is 1. The molecule has 0 radical (unpaired) electrons. The van der Waals surface area contributed by atoms with Gasteiger partial charge in [0.05, 0.1) is 19.1 Å². The standard InChI is InChI=1S/C21H36O5/c1-14-16(20(3,4)11-9-17(14)23-6)8-12-21(5)13-10-18(25-26-21)15(2)19(22)24-7/h15,17-18H,8-13H2,1-7H3/t15-,17?,18-,21-/m1/s1. The molecular formula is C21H36O5. The van der Waals surface area contributed by atoms with Crippen molar-refractivity contribution in [2.45, 2.75) is 91.0 Å². The lowest BCUT2D eigenvalue weighted by Crippen LogP contribution is -2.42. The van der Waals surface area contributed by atoms with E-state index in [4.69, 9.17) is 19.2 Å². The number of hydrogen-bond acceptors (Lipinski definition) is 5. The Labute approximate surface area is 158 Å². The second-order valence-electron chi connectivity index (χ2n) is 8.83. The Kier molecular flexibility index (Phi) is 6.92. The zero-order valence-electron chi connectivity index (χ0n) is 17.5. The molecule has 0 aromatic carbocycles. The maximum absolute atomic E-state index is 11.7. The van der Waals surface area contributed by atoms with Crippen LogP contribution in [0.25, 0.3) is 0 Å². The first-order chi connectivity index (χ1) is 12.1. The van der Waals surface area contributed by atoms with Crippen LogP contribution in [-0.2, 0) is 24.0 Å². The van der Waals surface area contributed by atoms with E-state index >= 15 is 0 Å². The number of carbonyl (C=O) groups is 1. The maximum atomic E-state index is 11.7. The van der Waals surface area contributed by atoms with Crippen molar-refractivity contribution < 1.29 is 24.0 Å². The maximum Gasteiger partial charge on any atom is 0.311 e. The highest BCUT2D eigenvalue weighted by Crippen LogP contribution is 2.45. The lowest BCUT2D eigenvalue weighted by molar-refractivity contribution is -0.411. The van der Waals surface area contributed by atoms with E-state index in [1.54, 1.807) is 7.11 Å². The summed E-state index contributed by atoms with van der Waals surface area (Å²) in [5.41, 5.74) is 2.74. The molecule has 0 saturated carbocycles. The van der Waals surface area contributed by atoms with Gasteiger partial charge in [-0.2, -0.15) is 0 Å². The third-order valence-corrected chi connectivity index (χ3v) is 6.46. The van der Waals surface area contributed by atoms with Gasteiger partial charge >= 0.3 is 5.97 Å². The van der Waals surface area contributed by atoms with Crippen molar-refractivity contribution in [3.63, 3.8) is 0 Å².